The maximum Gasteiger partial charge on any atom is 0.335 e. The highest BCUT2D eigenvalue weighted by molar-refractivity contribution is 5.90. The lowest BCUT2D eigenvalue weighted by atomic mass is 10.1. The van der Waals surface area contributed by atoms with Crippen LogP contribution in [-0.2, 0) is 0 Å². The first kappa shape index (κ1) is 12.5. The Morgan fingerprint density at radius 1 is 1.20 bits per heavy atom. The third-order valence-electron chi connectivity index (χ3n) is 3.66. The zero-order chi connectivity index (χ0) is 14.1. The molecule has 0 radical (unpaired) electrons. The molecule has 2 atom stereocenters. The van der Waals surface area contributed by atoms with Gasteiger partial charge in [0.25, 0.3) is 0 Å². The molecule has 0 spiro atoms. The first-order valence-electron chi connectivity index (χ1n) is 6.59. The van der Waals surface area contributed by atoms with Crippen LogP contribution in [-0.4, -0.2) is 17.1 Å². The lowest BCUT2D eigenvalue weighted by molar-refractivity contribution is 0.0697. The zero-order valence-electron chi connectivity index (χ0n) is 10.9. The van der Waals surface area contributed by atoms with E-state index in [9.17, 15) is 4.79 Å². The van der Waals surface area contributed by atoms with Crippen LogP contribution in [0, 0.1) is 0 Å². The highest BCUT2D eigenvalue weighted by Crippen LogP contribution is 2.43. The molecule has 0 heterocycles. The summed E-state index contributed by atoms with van der Waals surface area (Å²) in [6.07, 6.45) is 1.07. The standard InChI is InChI=1S/C16H16N2O2/c17-13-8-11(16(19)20)6-7-14(13)18-15-9-12(15)10-4-2-1-3-5-10/h1-8,12,15,18H,9,17H2,(H,19,20). The number of hydrogen-bond acceptors (Lipinski definition) is 3. The number of nitrogens with two attached hydrogens (primary N) is 1. The van der Waals surface area contributed by atoms with Gasteiger partial charge < -0.3 is 16.2 Å². The Hall–Kier alpha value is -2.49. The topological polar surface area (TPSA) is 75.4 Å². The van der Waals surface area contributed by atoms with Crippen molar-refractivity contribution in [2.24, 2.45) is 0 Å². The minimum atomic E-state index is -0.961. The molecular weight excluding hydrogens is 252 g/mol. The van der Waals surface area contributed by atoms with E-state index >= 15 is 0 Å². The lowest BCUT2D eigenvalue weighted by Crippen LogP contribution is -2.07. The fraction of sp³-hybridized carbons (Fsp3) is 0.188. The van der Waals surface area contributed by atoms with Gasteiger partial charge in [-0.25, -0.2) is 4.79 Å². The van der Waals surface area contributed by atoms with Crippen molar-refractivity contribution in [3.05, 3.63) is 59.7 Å². The molecule has 3 rings (SSSR count). The molecule has 0 aliphatic heterocycles. The van der Waals surface area contributed by atoms with Crippen molar-refractivity contribution >= 4 is 17.3 Å². The molecule has 1 fully saturated rings. The van der Waals surface area contributed by atoms with Crippen molar-refractivity contribution in [3.63, 3.8) is 0 Å². The molecule has 1 saturated carbocycles. The predicted molar refractivity (Wildman–Crippen MR) is 79.0 cm³/mol. The van der Waals surface area contributed by atoms with Crippen LogP contribution in [0.25, 0.3) is 0 Å². The van der Waals surface area contributed by atoms with Crippen LogP contribution in [0.1, 0.15) is 28.3 Å². The molecular formula is C16H16N2O2. The second-order valence-electron chi connectivity index (χ2n) is 5.11. The molecule has 4 nitrogen and oxygen atoms in total. The van der Waals surface area contributed by atoms with E-state index in [1.54, 1.807) is 12.1 Å². The number of aromatic carboxylic acids is 1. The highest BCUT2D eigenvalue weighted by atomic mass is 16.4. The number of nitrogens with one attached hydrogen (secondary N) is 1. The molecule has 4 heteroatoms. The summed E-state index contributed by atoms with van der Waals surface area (Å²) in [5.74, 6) is -0.452. The Kier molecular flexibility index (Phi) is 3.06. The Labute approximate surface area is 117 Å². The van der Waals surface area contributed by atoms with Crippen LogP contribution in [0.3, 0.4) is 0 Å². The van der Waals surface area contributed by atoms with E-state index in [0.29, 0.717) is 17.6 Å². The minimum absolute atomic E-state index is 0.212. The Bertz CT molecular complexity index is 640. The molecule has 2 aromatic carbocycles. The van der Waals surface area contributed by atoms with Crippen LogP contribution >= 0.6 is 0 Å². The van der Waals surface area contributed by atoms with E-state index in [-0.39, 0.29) is 5.56 Å². The van der Waals surface area contributed by atoms with Crippen LogP contribution in [0.4, 0.5) is 11.4 Å². The van der Waals surface area contributed by atoms with Crippen LogP contribution < -0.4 is 11.1 Å². The highest BCUT2D eigenvalue weighted by Gasteiger charge is 2.38. The van der Waals surface area contributed by atoms with Gasteiger partial charge in [0.2, 0.25) is 0 Å². The summed E-state index contributed by atoms with van der Waals surface area (Å²) < 4.78 is 0. The van der Waals surface area contributed by atoms with Gasteiger partial charge in [0, 0.05) is 12.0 Å². The number of benzene rings is 2. The fourth-order valence-corrected chi connectivity index (χ4v) is 2.45. The van der Waals surface area contributed by atoms with E-state index in [0.717, 1.165) is 12.1 Å². The van der Waals surface area contributed by atoms with Crippen molar-refractivity contribution in [2.45, 2.75) is 18.4 Å². The average molecular weight is 268 g/mol. The Morgan fingerprint density at radius 3 is 2.60 bits per heavy atom. The van der Waals surface area contributed by atoms with Gasteiger partial charge in [-0.1, -0.05) is 30.3 Å². The molecule has 102 valence electrons. The molecule has 4 N–H and O–H groups in total. The number of carboxylic acids is 1. The smallest absolute Gasteiger partial charge is 0.335 e. The van der Waals surface area contributed by atoms with E-state index in [1.807, 2.05) is 18.2 Å². The molecule has 20 heavy (non-hydrogen) atoms. The molecule has 1 aliphatic carbocycles. The summed E-state index contributed by atoms with van der Waals surface area (Å²) in [4.78, 5) is 10.9. The molecule has 2 unspecified atom stereocenters. The van der Waals surface area contributed by atoms with Gasteiger partial charge in [0.05, 0.1) is 16.9 Å². The van der Waals surface area contributed by atoms with Crippen molar-refractivity contribution < 1.29 is 9.90 Å². The lowest BCUT2D eigenvalue weighted by Gasteiger charge is -2.10. The third kappa shape index (κ3) is 2.45. The predicted octanol–water partition coefficient (Wildman–Crippen LogP) is 2.94. The quantitative estimate of drug-likeness (QED) is 0.745. The summed E-state index contributed by atoms with van der Waals surface area (Å²) in [6, 6.07) is 15.5. The van der Waals surface area contributed by atoms with Crippen molar-refractivity contribution in [3.8, 4) is 0 Å². The maximum atomic E-state index is 10.9. The summed E-state index contributed by atoms with van der Waals surface area (Å²) in [6.45, 7) is 0. The zero-order valence-corrected chi connectivity index (χ0v) is 10.9. The first-order chi connectivity index (χ1) is 9.65. The van der Waals surface area contributed by atoms with Gasteiger partial charge in [0.15, 0.2) is 0 Å². The van der Waals surface area contributed by atoms with Crippen molar-refractivity contribution in [1.29, 1.82) is 0 Å². The maximum absolute atomic E-state index is 10.9. The molecule has 1 aliphatic rings. The second-order valence-corrected chi connectivity index (χ2v) is 5.11. The number of rotatable bonds is 4. The minimum Gasteiger partial charge on any atom is -0.478 e. The second kappa shape index (κ2) is 4.89. The first-order valence-corrected chi connectivity index (χ1v) is 6.59. The molecule has 0 bridgehead atoms. The number of carbonyl (C=O) groups is 1. The van der Waals surface area contributed by atoms with Gasteiger partial charge in [-0.2, -0.15) is 0 Å². The normalized spacial score (nSPS) is 20.4. The summed E-state index contributed by atoms with van der Waals surface area (Å²) in [5, 5.41) is 12.3. The van der Waals surface area contributed by atoms with E-state index in [1.165, 1.54) is 11.6 Å². The number of carboxylic acid groups (broad SMARTS) is 1. The van der Waals surface area contributed by atoms with E-state index in [2.05, 4.69) is 17.4 Å². The summed E-state index contributed by atoms with van der Waals surface area (Å²) >= 11 is 0. The van der Waals surface area contributed by atoms with E-state index < -0.39 is 5.97 Å². The Balaban J connectivity index is 1.70. The molecule has 0 aromatic heterocycles. The monoisotopic (exact) mass is 268 g/mol. The Morgan fingerprint density at radius 2 is 1.95 bits per heavy atom. The molecule has 2 aromatic rings. The summed E-state index contributed by atoms with van der Waals surface area (Å²) in [7, 11) is 0. The van der Waals surface area contributed by atoms with Gasteiger partial charge in [-0.15, -0.1) is 0 Å². The number of anilines is 2. The van der Waals surface area contributed by atoms with Crippen LogP contribution in [0.2, 0.25) is 0 Å². The fourth-order valence-electron chi connectivity index (χ4n) is 2.45. The largest absolute Gasteiger partial charge is 0.478 e. The van der Waals surface area contributed by atoms with Gasteiger partial charge in [-0.05, 0) is 30.2 Å². The van der Waals surface area contributed by atoms with Gasteiger partial charge in [0.1, 0.15) is 0 Å². The van der Waals surface area contributed by atoms with E-state index in [4.69, 9.17) is 10.8 Å². The number of hydrogen-bond donors (Lipinski definition) is 3. The molecule has 0 saturated heterocycles. The SMILES string of the molecule is Nc1cc(C(=O)O)ccc1NC1CC1c1ccccc1. The molecule has 0 amide bonds. The van der Waals surface area contributed by atoms with Crippen molar-refractivity contribution in [1.82, 2.24) is 0 Å². The number of nitrogen functional groups attached to an aromatic ring is 1. The third-order valence-corrected chi connectivity index (χ3v) is 3.66. The van der Waals surface area contributed by atoms with Crippen molar-refractivity contribution in [2.75, 3.05) is 11.1 Å². The summed E-state index contributed by atoms with van der Waals surface area (Å²) in [5.41, 5.74) is 8.71. The van der Waals surface area contributed by atoms with Gasteiger partial charge >= 0.3 is 5.97 Å². The van der Waals surface area contributed by atoms with Gasteiger partial charge in [-0.3, -0.25) is 0 Å². The van der Waals surface area contributed by atoms with Crippen LogP contribution in [0.15, 0.2) is 48.5 Å². The van der Waals surface area contributed by atoms with Crippen LogP contribution in [0.5, 0.6) is 0 Å². The average Bonchev–Trinajstić information content (AvgIpc) is 3.21.